The molecule has 0 spiro atoms. The van der Waals surface area contributed by atoms with Crippen molar-refractivity contribution in [2.75, 3.05) is 5.32 Å². The minimum atomic E-state index is -4.48. The van der Waals surface area contributed by atoms with Gasteiger partial charge in [-0.05, 0) is 25.1 Å². The monoisotopic (exact) mass is 303 g/mol. The van der Waals surface area contributed by atoms with E-state index < -0.39 is 17.6 Å². The molecule has 0 atom stereocenters. The van der Waals surface area contributed by atoms with Crippen LogP contribution in [0.5, 0.6) is 0 Å². The fraction of sp³-hybridized carbons (Fsp3) is 0.167. The first-order valence-corrected chi connectivity index (χ1v) is 5.85. The molecule has 0 unspecified atom stereocenters. The highest BCUT2D eigenvalue weighted by molar-refractivity contribution is 6.34. The van der Waals surface area contributed by atoms with Crippen LogP contribution in [-0.4, -0.2) is 16.1 Å². The summed E-state index contributed by atoms with van der Waals surface area (Å²) in [6, 6.07) is 2.72. The van der Waals surface area contributed by atoms with Crippen LogP contribution in [0, 0.1) is 6.92 Å². The van der Waals surface area contributed by atoms with Gasteiger partial charge in [0.05, 0.1) is 28.0 Å². The van der Waals surface area contributed by atoms with Crippen molar-refractivity contribution in [2.24, 2.45) is 0 Å². The van der Waals surface area contributed by atoms with Gasteiger partial charge in [-0.2, -0.15) is 18.3 Å². The van der Waals surface area contributed by atoms with Gasteiger partial charge in [0.25, 0.3) is 5.91 Å². The zero-order valence-electron chi connectivity index (χ0n) is 10.2. The lowest BCUT2D eigenvalue weighted by Gasteiger charge is -2.10. The summed E-state index contributed by atoms with van der Waals surface area (Å²) in [5.74, 6) is -0.502. The molecule has 2 rings (SSSR count). The van der Waals surface area contributed by atoms with Crippen molar-refractivity contribution >= 4 is 23.2 Å². The van der Waals surface area contributed by atoms with Crippen LogP contribution in [0.2, 0.25) is 5.02 Å². The zero-order chi connectivity index (χ0) is 14.9. The molecule has 2 N–H and O–H groups in total. The molecule has 1 aromatic carbocycles. The number of aromatic amines is 1. The Hall–Kier alpha value is -2.02. The van der Waals surface area contributed by atoms with Crippen molar-refractivity contribution in [3.63, 3.8) is 0 Å². The van der Waals surface area contributed by atoms with E-state index in [1.165, 1.54) is 6.20 Å². The van der Waals surface area contributed by atoms with Gasteiger partial charge < -0.3 is 5.32 Å². The fourth-order valence-corrected chi connectivity index (χ4v) is 1.79. The van der Waals surface area contributed by atoms with E-state index in [-0.39, 0.29) is 10.7 Å². The van der Waals surface area contributed by atoms with Gasteiger partial charge in [-0.1, -0.05) is 11.6 Å². The van der Waals surface area contributed by atoms with Crippen molar-refractivity contribution in [1.29, 1.82) is 0 Å². The number of amides is 1. The number of rotatable bonds is 2. The average molecular weight is 304 g/mol. The van der Waals surface area contributed by atoms with Crippen LogP contribution < -0.4 is 5.32 Å². The third-order valence-electron chi connectivity index (χ3n) is 2.62. The molecule has 20 heavy (non-hydrogen) atoms. The van der Waals surface area contributed by atoms with Crippen LogP contribution in [-0.2, 0) is 6.18 Å². The molecule has 0 aliphatic carbocycles. The number of benzene rings is 1. The van der Waals surface area contributed by atoms with E-state index in [1.54, 1.807) is 6.92 Å². The highest BCUT2D eigenvalue weighted by atomic mass is 35.5. The summed E-state index contributed by atoms with van der Waals surface area (Å²) in [6.07, 6.45) is -3.16. The summed E-state index contributed by atoms with van der Waals surface area (Å²) in [5.41, 5.74) is 0.0664. The molecule has 106 valence electrons. The summed E-state index contributed by atoms with van der Waals surface area (Å²) in [7, 11) is 0. The Balaban J connectivity index is 2.23. The van der Waals surface area contributed by atoms with Crippen LogP contribution in [0.4, 0.5) is 18.9 Å². The number of alkyl halides is 3. The second-order valence-corrected chi connectivity index (χ2v) is 4.46. The number of aromatic nitrogens is 2. The van der Waals surface area contributed by atoms with Crippen LogP contribution >= 0.6 is 11.6 Å². The minimum absolute atomic E-state index is 0.102. The maximum Gasteiger partial charge on any atom is 0.416 e. The van der Waals surface area contributed by atoms with Crippen molar-refractivity contribution in [3.8, 4) is 0 Å². The van der Waals surface area contributed by atoms with Crippen molar-refractivity contribution in [2.45, 2.75) is 13.1 Å². The highest BCUT2D eigenvalue weighted by Crippen LogP contribution is 2.33. The zero-order valence-corrected chi connectivity index (χ0v) is 10.9. The van der Waals surface area contributed by atoms with Gasteiger partial charge in [-0.25, -0.2) is 0 Å². The average Bonchev–Trinajstić information content (AvgIpc) is 2.76. The maximum absolute atomic E-state index is 12.5. The van der Waals surface area contributed by atoms with E-state index in [0.29, 0.717) is 11.3 Å². The molecule has 1 heterocycles. The maximum atomic E-state index is 12.5. The SMILES string of the molecule is Cc1[nH]ncc1C(=O)Nc1ccc(C(F)(F)F)cc1Cl. The Morgan fingerprint density at radius 1 is 1.40 bits per heavy atom. The molecule has 0 radical (unpaired) electrons. The fourth-order valence-electron chi connectivity index (χ4n) is 1.56. The molecule has 0 aliphatic heterocycles. The predicted octanol–water partition coefficient (Wildman–Crippen LogP) is 3.64. The lowest BCUT2D eigenvalue weighted by molar-refractivity contribution is -0.137. The molecule has 4 nitrogen and oxygen atoms in total. The predicted molar refractivity (Wildman–Crippen MR) is 67.7 cm³/mol. The first-order valence-electron chi connectivity index (χ1n) is 5.47. The van der Waals surface area contributed by atoms with Crippen molar-refractivity contribution in [3.05, 3.63) is 46.2 Å². The molecule has 0 saturated heterocycles. The van der Waals surface area contributed by atoms with Crippen LogP contribution in [0.3, 0.4) is 0 Å². The smallest absolute Gasteiger partial charge is 0.321 e. The Morgan fingerprint density at radius 3 is 2.60 bits per heavy atom. The second-order valence-electron chi connectivity index (χ2n) is 4.06. The molecule has 0 fully saturated rings. The third-order valence-corrected chi connectivity index (χ3v) is 2.93. The number of hydrogen-bond acceptors (Lipinski definition) is 2. The number of aryl methyl sites for hydroxylation is 1. The molecule has 0 saturated carbocycles. The summed E-state index contributed by atoms with van der Waals surface area (Å²) >= 11 is 5.74. The number of halogens is 4. The number of nitrogens with zero attached hydrogens (tertiary/aromatic N) is 1. The number of hydrogen-bond donors (Lipinski definition) is 2. The van der Waals surface area contributed by atoms with Gasteiger partial charge in [-0.15, -0.1) is 0 Å². The number of nitrogens with one attached hydrogen (secondary N) is 2. The Bertz CT molecular complexity index is 652. The van der Waals surface area contributed by atoms with E-state index >= 15 is 0 Å². The normalized spacial score (nSPS) is 11.4. The third kappa shape index (κ3) is 2.93. The first kappa shape index (κ1) is 14.4. The van der Waals surface area contributed by atoms with E-state index in [0.717, 1.165) is 18.2 Å². The molecular weight excluding hydrogens is 295 g/mol. The van der Waals surface area contributed by atoms with Crippen LogP contribution in [0.15, 0.2) is 24.4 Å². The van der Waals surface area contributed by atoms with Gasteiger partial charge in [0.2, 0.25) is 0 Å². The molecule has 0 bridgehead atoms. The summed E-state index contributed by atoms with van der Waals surface area (Å²) in [6.45, 7) is 1.65. The number of H-pyrrole nitrogens is 1. The standard InChI is InChI=1S/C12H9ClF3N3O/c1-6-8(5-17-19-6)11(20)18-10-3-2-7(4-9(10)13)12(14,15)16/h2-5H,1H3,(H,17,19)(H,18,20). The number of anilines is 1. The van der Waals surface area contributed by atoms with Gasteiger partial charge in [0.1, 0.15) is 0 Å². The number of carbonyl (C=O) groups is 1. The van der Waals surface area contributed by atoms with Gasteiger partial charge in [0.15, 0.2) is 0 Å². The van der Waals surface area contributed by atoms with Gasteiger partial charge in [0, 0.05) is 5.69 Å². The summed E-state index contributed by atoms with van der Waals surface area (Å²) in [5, 5.41) is 8.52. The largest absolute Gasteiger partial charge is 0.416 e. The van der Waals surface area contributed by atoms with Crippen molar-refractivity contribution in [1.82, 2.24) is 10.2 Å². The van der Waals surface area contributed by atoms with E-state index in [4.69, 9.17) is 11.6 Å². The Labute approximate surface area is 116 Å². The lowest BCUT2D eigenvalue weighted by atomic mass is 10.2. The number of carbonyl (C=O) groups excluding carboxylic acids is 1. The topological polar surface area (TPSA) is 57.8 Å². The second kappa shape index (κ2) is 5.16. The van der Waals surface area contributed by atoms with Gasteiger partial charge >= 0.3 is 6.18 Å². The highest BCUT2D eigenvalue weighted by Gasteiger charge is 2.31. The van der Waals surface area contributed by atoms with Crippen LogP contribution in [0.25, 0.3) is 0 Å². The summed E-state index contributed by atoms with van der Waals surface area (Å²) in [4.78, 5) is 11.9. The van der Waals surface area contributed by atoms with E-state index in [1.807, 2.05) is 0 Å². The molecule has 8 heteroatoms. The minimum Gasteiger partial charge on any atom is -0.321 e. The van der Waals surface area contributed by atoms with E-state index in [9.17, 15) is 18.0 Å². The van der Waals surface area contributed by atoms with Crippen LogP contribution in [0.1, 0.15) is 21.6 Å². The first-order chi connectivity index (χ1) is 9.29. The molecule has 2 aromatic rings. The quantitative estimate of drug-likeness (QED) is 0.890. The molecular formula is C12H9ClF3N3O. The molecule has 0 aliphatic rings. The van der Waals surface area contributed by atoms with Gasteiger partial charge in [-0.3, -0.25) is 9.89 Å². The Morgan fingerprint density at radius 2 is 2.10 bits per heavy atom. The Kier molecular flexibility index (Phi) is 3.71. The summed E-state index contributed by atoms with van der Waals surface area (Å²) < 4.78 is 37.4. The molecule has 1 amide bonds. The van der Waals surface area contributed by atoms with E-state index in [2.05, 4.69) is 15.5 Å². The lowest BCUT2D eigenvalue weighted by Crippen LogP contribution is -2.13. The molecule has 1 aromatic heterocycles. The van der Waals surface area contributed by atoms with Crippen molar-refractivity contribution < 1.29 is 18.0 Å².